The van der Waals surface area contributed by atoms with Crippen LogP contribution in [0.15, 0.2) is 29.2 Å². The highest BCUT2D eigenvalue weighted by Crippen LogP contribution is 2.31. The van der Waals surface area contributed by atoms with Crippen LogP contribution in [0.3, 0.4) is 0 Å². The Labute approximate surface area is 181 Å². The van der Waals surface area contributed by atoms with Gasteiger partial charge in [-0.2, -0.15) is 17.5 Å². The summed E-state index contributed by atoms with van der Waals surface area (Å²) in [6.07, 6.45) is -1.36. The fraction of sp³-hybridized carbons (Fsp3) is 0.667. The zero-order valence-electron chi connectivity index (χ0n) is 17.9. The summed E-state index contributed by atoms with van der Waals surface area (Å²) < 4.78 is 65.5. The van der Waals surface area contributed by atoms with Crippen LogP contribution < -0.4 is 5.32 Å². The topological polar surface area (TPSA) is 69.7 Å². The number of carbonyl (C=O) groups excluding carboxylic acids is 1. The van der Waals surface area contributed by atoms with Crippen molar-refractivity contribution < 1.29 is 26.4 Å². The molecule has 174 valence electrons. The van der Waals surface area contributed by atoms with Gasteiger partial charge in [0.25, 0.3) is 0 Å². The molecule has 1 aromatic carbocycles. The van der Waals surface area contributed by atoms with E-state index in [2.05, 4.69) is 19.2 Å². The number of hydrogen-bond acceptors (Lipinski definition) is 4. The van der Waals surface area contributed by atoms with E-state index in [1.54, 1.807) is 0 Å². The summed E-state index contributed by atoms with van der Waals surface area (Å²) in [7, 11) is -4.03. The van der Waals surface area contributed by atoms with Gasteiger partial charge in [0.1, 0.15) is 0 Å². The maximum Gasteiger partial charge on any atom is 0.416 e. The summed E-state index contributed by atoms with van der Waals surface area (Å²) >= 11 is 0. The molecule has 1 saturated heterocycles. The van der Waals surface area contributed by atoms with Gasteiger partial charge in [0, 0.05) is 32.2 Å². The molecule has 1 aliphatic carbocycles. The lowest BCUT2D eigenvalue weighted by atomic mass is 9.78. The second-order valence-electron chi connectivity index (χ2n) is 8.65. The van der Waals surface area contributed by atoms with Crippen LogP contribution >= 0.6 is 0 Å². The molecule has 0 bridgehead atoms. The normalized spacial score (nSPS) is 26.5. The number of nitrogens with one attached hydrogen (secondary N) is 1. The monoisotopic (exact) mass is 461 g/mol. The molecule has 1 N–H and O–H groups in total. The summed E-state index contributed by atoms with van der Waals surface area (Å²) in [5.74, 6) is 0.927. The Balaban J connectivity index is 1.55. The van der Waals surface area contributed by atoms with E-state index >= 15 is 0 Å². The van der Waals surface area contributed by atoms with Crippen molar-refractivity contribution in [3.8, 4) is 0 Å². The molecule has 0 spiro atoms. The van der Waals surface area contributed by atoms with E-state index in [0.29, 0.717) is 31.0 Å². The largest absolute Gasteiger partial charge is 0.416 e. The molecule has 1 saturated carbocycles. The Morgan fingerprint density at radius 1 is 1.13 bits per heavy atom. The third-order valence-corrected chi connectivity index (χ3v) is 8.45. The molecule has 2 aliphatic rings. The standard InChI is InChI=1S/C21H30F3N3O3S/c1-15-5-3-8-19(16(15)2)25-20(28)14-26-9-11-27(12-10-26)31(29,30)18-7-4-6-17(13-18)21(22,23)24/h4,6-7,13,15-16,19H,3,5,8-12,14H2,1-2H3,(H,25,28)/t15-,16-,19+/m1/s1. The van der Waals surface area contributed by atoms with Crippen molar-refractivity contribution in [1.29, 1.82) is 0 Å². The lowest BCUT2D eigenvalue weighted by Gasteiger charge is -2.36. The molecule has 1 amide bonds. The van der Waals surface area contributed by atoms with Crippen LogP contribution in [0.4, 0.5) is 13.2 Å². The van der Waals surface area contributed by atoms with Gasteiger partial charge in [-0.1, -0.05) is 32.8 Å². The maximum atomic E-state index is 12.9. The molecule has 1 heterocycles. The molecule has 2 fully saturated rings. The summed E-state index contributed by atoms with van der Waals surface area (Å²) in [6, 6.07) is 3.96. The average molecular weight is 462 g/mol. The zero-order valence-corrected chi connectivity index (χ0v) is 18.7. The van der Waals surface area contributed by atoms with Gasteiger partial charge in [0.2, 0.25) is 15.9 Å². The van der Waals surface area contributed by atoms with Crippen LogP contribution in [0.2, 0.25) is 0 Å². The van der Waals surface area contributed by atoms with Crippen LogP contribution in [0.1, 0.15) is 38.7 Å². The van der Waals surface area contributed by atoms with Crippen molar-refractivity contribution in [2.75, 3.05) is 32.7 Å². The Hall–Kier alpha value is -1.65. The highest BCUT2D eigenvalue weighted by molar-refractivity contribution is 7.89. The van der Waals surface area contributed by atoms with Gasteiger partial charge in [-0.15, -0.1) is 0 Å². The molecule has 3 rings (SSSR count). The zero-order chi connectivity index (χ0) is 22.8. The van der Waals surface area contributed by atoms with Crippen molar-refractivity contribution in [2.24, 2.45) is 11.8 Å². The molecule has 31 heavy (non-hydrogen) atoms. The number of piperazine rings is 1. The van der Waals surface area contributed by atoms with Crippen molar-refractivity contribution in [3.63, 3.8) is 0 Å². The number of benzene rings is 1. The first-order chi connectivity index (χ1) is 14.5. The SMILES string of the molecule is C[C@@H]1[C@H](C)CCC[C@@H]1NC(=O)CN1CCN(S(=O)(=O)c2cccc(C(F)(F)F)c2)CC1. The minimum absolute atomic E-state index is 0.0693. The molecule has 1 aliphatic heterocycles. The number of rotatable bonds is 5. The minimum Gasteiger partial charge on any atom is -0.352 e. The number of sulfonamides is 1. The fourth-order valence-electron chi connectivity index (χ4n) is 4.35. The molecule has 1 aromatic rings. The number of carbonyl (C=O) groups is 1. The van der Waals surface area contributed by atoms with Crippen LogP contribution in [0, 0.1) is 11.8 Å². The van der Waals surface area contributed by atoms with Gasteiger partial charge in [0.05, 0.1) is 17.0 Å². The smallest absolute Gasteiger partial charge is 0.352 e. The third kappa shape index (κ3) is 5.78. The quantitative estimate of drug-likeness (QED) is 0.732. The van der Waals surface area contributed by atoms with E-state index in [4.69, 9.17) is 0 Å². The molecule has 6 nitrogen and oxygen atoms in total. The molecule has 3 atom stereocenters. The number of amides is 1. The van der Waals surface area contributed by atoms with E-state index in [-0.39, 0.29) is 36.5 Å². The number of alkyl halides is 3. The van der Waals surface area contributed by atoms with Gasteiger partial charge in [-0.05, 0) is 36.5 Å². The molecular weight excluding hydrogens is 431 g/mol. The van der Waals surface area contributed by atoms with Crippen LogP contribution in [0.5, 0.6) is 0 Å². The first kappa shape index (κ1) is 24.0. The van der Waals surface area contributed by atoms with Gasteiger partial charge >= 0.3 is 6.18 Å². The lowest BCUT2D eigenvalue weighted by molar-refractivity contribution is -0.137. The first-order valence-electron chi connectivity index (χ1n) is 10.7. The van der Waals surface area contributed by atoms with E-state index in [9.17, 15) is 26.4 Å². The molecule has 10 heteroatoms. The van der Waals surface area contributed by atoms with Gasteiger partial charge in [-0.3, -0.25) is 9.69 Å². The van der Waals surface area contributed by atoms with Gasteiger partial charge in [-0.25, -0.2) is 8.42 Å². The number of nitrogens with zero attached hydrogens (tertiary/aromatic N) is 2. The van der Waals surface area contributed by atoms with E-state index in [1.165, 1.54) is 16.8 Å². The van der Waals surface area contributed by atoms with Crippen LogP contribution in [-0.4, -0.2) is 62.3 Å². The van der Waals surface area contributed by atoms with Crippen molar-refractivity contribution in [2.45, 2.75) is 50.2 Å². The van der Waals surface area contributed by atoms with Crippen molar-refractivity contribution >= 4 is 15.9 Å². The van der Waals surface area contributed by atoms with Crippen molar-refractivity contribution in [3.05, 3.63) is 29.8 Å². The Morgan fingerprint density at radius 2 is 1.81 bits per heavy atom. The van der Waals surface area contributed by atoms with Crippen molar-refractivity contribution in [1.82, 2.24) is 14.5 Å². The second kappa shape index (κ2) is 9.46. The third-order valence-electron chi connectivity index (χ3n) is 6.55. The highest BCUT2D eigenvalue weighted by atomic mass is 32.2. The summed E-state index contributed by atoms with van der Waals surface area (Å²) in [5.41, 5.74) is -0.991. The summed E-state index contributed by atoms with van der Waals surface area (Å²) in [6.45, 7) is 5.50. The van der Waals surface area contributed by atoms with E-state index in [0.717, 1.165) is 25.0 Å². The first-order valence-corrected chi connectivity index (χ1v) is 12.1. The fourth-order valence-corrected chi connectivity index (χ4v) is 5.82. The Morgan fingerprint density at radius 3 is 2.45 bits per heavy atom. The average Bonchev–Trinajstić information content (AvgIpc) is 2.71. The molecule has 0 aromatic heterocycles. The second-order valence-corrected chi connectivity index (χ2v) is 10.6. The summed E-state index contributed by atoms with van der Waals surface area (Å²) in [5, 5.41) is 3.11. The summed E-state index contributed by atoms with van der Waals surface area (Å²) in [4.78, 5) is 14.0. The molecular formula is C21H30F3N3O3S. The van der Waals surface area contributed by atoms with Gasteiger partial charge in [0.15, 0.2) is 0 Å². The van der Waals surface area contributed by atoms with E-state index < -0.39 is 21.8 Å². The Kier molecular flexibility index (Phi) is 7.32. The number of halogens is 3. The highest BCUT2D eigenvalue weighted by Gasteiger charge is 2.34. The number of hydrogen-bond donors (Lipinski definition) is 1. The van der Waals surface area contributed by atoms with Gasteiger partial charge < -0.3 is 5.32 Å². The maximum absolute atomic E-state index is 12.9. The molecule has 0 radical (unpaired) electrons. The predicted molar refractivity (Wildman–Crippen MR) is 111 cm³/mol. The predicted octanol–water partition coefficient (Wildman–Crippen LogP) is 2.95. The van der Waals surface area contributed by atoms with Crippen LogP contribution in [0.25, 0.3) is 0 Å². The van der Waals surface area contributed by atoms with E-state index in [1.807, 2.05) is 4.90 Å². The lowest BCUT2D eigenvalue weighted by Crippen LogP contribution is -2.52. The van der Waals surface area contributed by atoms with Crippen LogP contribution in [-0.2, 0) is 21.0 Å². The molecule has 0 unspecified atom stereocenters. The Bertz CT molecular complexity index is 883. The minimum atomic E-state index is -4.61.